The Morgan fingerprint density at radius 3 is 2.47 bits per heavy atom. The van der Waals surface area contributed by atoms with Gasteiger partial charge in [-0.1, -0.05) is 24.3 Å². The summed E-state index contributed by atoms with van der Waals surface area (Å²) in [6.07, 6.45) is -4.70. The normalized spacial score (nSPS) is 22.9. The predicted molar refractivity (Wildman–Crippen MR) is 63.8 cm³/mol. The number of aryl methyl sites for hydroxylation is 1. The summed E-state index contributed by atoms with van der Waals surface area (Å²) in [6.45, 7) is 0. The molecule has 0 aromatic heterocycles. The first-order valence-corrected chi connectivity index (χ1v) is 6.19. The third kappa shape index (κ3) is 3.08. The van der Waals surface area contributed by atoms with Crippen molar-refractivity contribution in [2.75, 3.05) is 0 Å². The summed E-state index contributed by atoms with van der Waals surface area (Å²) >= 11 is 0. The molecule has 5 heteroatoms. The molecule has 0 heterocycles. The van der Waals surface area contributed by atoms with Gasteiger partial charge in [-0.2, -0.15) is 13.2 Å². The Hall–Kier alpha value is -1.52. The van der Waals surface area contributed by atoms with Crippen LogP contribution in [0.15, 0.2) is 24.3 Å². The van der Waals surface area contributed by atoms with Gasteiger partial charge in [0.25, 0.3) is 0 Å². The topological polar surface area (TPSA) is 37.3 Å². The Morgan fingerprint density at radius 1 is 1.26 bits per heavy atom. The molecule has 0 amide bonds. The second kappa shape index (κ2) is 4.87. The summed E-state index contributed by atoms with van der Waals surface area (Å²) in [4.78, 5) is 11.4. The monoisotopic (exact) mass is 272 g/mol. The highest BCUT2D eigenvalue weighted by Gasteiger charge is 2.43. The van der Waals surface area contributed by atoms with Crippen molar-refractivity contribution in [3.8, 4) is 0 Å². The highest BCUT2D eigenvalue weighted by Crippen LogP contribution is 2.41. The number of fused-ring (bicyclic) bond motifs is 1. The lowest BCUT2D eigenvalue weighted by molar-refractivity contribution is -0.159. The fraction of sp³-hybridized carbons (Fsp3) is 0.500. The van der Waals surface area contributed by atoms with Gasteiger partial charge in [0.2, 0.25) is 0 Å². The van der Waals surface area contributed by atoms with Crippen LogP contribution in [0.4, 0.5) is 13.2 Å². The molecule has 2 nitrogen and oxygen atoms in total. The average molecular weight is 272 g/mol. The number of carboxylic acid groups (broad SMARTS) is 1. The minimum absolute atomic E-state index is 0.189. The van der Waals surface area contributed by atoms with E-state index in [1.54, 1.807) is 12.1 Å². The summed E-state index contributed by atoms with van der Waals surface area (Å²) in [5, 5.41) is 9.34. The van der Waals surface area contributed by atoms with Crippen molar-refractivity contribution < 1.29 is 23.1 Å². The smallest absolute Gasteiger partial charge is 0.389 e. The van der Waals surface area contributed by atoms with E-state index in [1.165, 1.54) is 0 Å². The lowest BCUT2D eigenvalue weighted by Crippen LogP contribution is -2.38. The van der Waals surface area contributed by atoms with Crippen LogP contribution in [0, 0.1) is 5.41 Å². The molecule has 0 fully saturated rings. The van der Waals surface area contributed by atoms with Gasteiger partial charge in [0, 0.05) is 6.42 Å². The molecule has 0 spiro atoms. The molecule has 0 saturated heterocycles. The van der Waals surface area contributed by atoms with E-state index in [-0.39, 0.29) is 19.3 Å². The summed E-state index contributed by atoms with van der Waals surface area (Å²) in [7, 11) is 0. The SMILES string of the molecule is O=C(O)C1(CCC(F)(F)F)CCc2ccccc2C1. The molecule has 1 aliphatic carbocycles. The molecule has 1 aromatic carbocycles. The van der Waals surface area contributed by atoms with Crippen molar-refractivity contribution in [1.82, 2.24) is 0 Å². The highest BCUT2D eigenvalue weighted by atomic mass is 19.4. The van der Waals surface area contributed by atoms with Crippen LogP contribution >= 0.6 is 0 Å². The molecular formula is C14H15F3O2. The van der Waals surface area contributed by atoms with E-state index < -0.39 is 24.0 Å². The van der Waals surface area contributed by atoms with Crippen LogP contribution in [0.5, 0.6) is 0 Å². The van der Waals surface area contributed by atoms with E-state index in [0.29, 0.717) is 6.42 Å². The fourth-order valence-electron chi connectivity index (χ4n) is 2.68. The fourth-order valence-corrected chi connectivity index (χ4v) is 2.68. The predicted octanol–water partition coefficient (Wildman–Crippen LogP) is 3.59. The van der Waals surface area contributed by atoms with Gasteiger partial charge in [0.15, 0.2) is 0 Å². The molecule has 0 radical (unpaired) electrons. The van der Waals surface area contributed by atoms with E-state index in [2.05, 4.69) is 0 Å². The van der Waals surface area contributed by atoms with Crippen LogP contribution < -0.4 is 0 Å². The first-order chi connectivity index (χ1) is 8.82. The molecule has 1 unspecified atom stereocenters. The van der Waals surface area contributed by atoms with Crippen LogP contribution in [0.3, 0.4) is 0 Å². The number of benzene rings is 1. The summed E-state index contributed by atoms with van der Waals surface area (Å²) in [6, 6.07) is 7.37. The van der Waals surface area contributed by atoms with Crippen LogP contribution in [0.1, 0.15) is 30.4 Å². The van der Waals surface area contributed by atoms with E-state index in [9.17, 15) is 23.1 Å². The molecule has 0 aliphatic heterocycles. The van der Waals surface area contributed by atoms with Crippen molar-refractivity contribution in [2.24, 2.45) is 5.41 Å². The van der Waals surface area contributed by atoms with Gasteiger partial charge in [0.1, 0.15) is 0 Å². The van der Waals surface area contributed by atoms with Crippen molar-refractivity contribution in [3.05, 3.63) is 35.4 Å². The Labute approximate surface area is 109 Å². The van der Waals surface area contributed by atoms with Crippen LogP contribution in [-0.2, 0) is 17.6 Å². The molecule has 19 heavy (non-hydrogen) atoms. The third-order valence-corrected chi connectivity index (χ3v) is 3.86. The molecule has 0 bridgehead atoms. The number of hydrogen-bond acceptors (Lipinski definition) is 1. The molecule has 2 rings (SSSR count). The number of carbonyl (C=O) groups is 1. The van der Waals surface area contributed by atoms with Gasteiger partial charge in [-0.3, -0.25) is 4.79 Å². The van der Waals surface area contributed by atoms with Gasteiger partial charge >= 0.3 is 12.1 Å². The third-order valence-electron chi connectivity index (χ3n) is 3.86. The van der Waals surface area contributed by atoms with Gasteiger partial charge < -0.3 is 5.11 Å². The minimum atomic E-state index is -4.31. The van der Waals surface area contributed by atoms with Crippen molar-refractivity contribution in [2.45, 2.75) is 38.3 Å². The van der Waals surface area contributed by atoms with E-state index in [4.69, 9.17) is 0 Å². The largest absolute Gasteiger partial charge is 0.481 e. The lowest BCUT2D eigenvalue weighted by Gasteiger charge is -2.34. The number of hydrogen-bond donors (Lipinski definition) is 1. The van der Waals surface area contributed by atoms with E-state index >= 15 is 0 Å². The van der Waals surface area contributed by atoms with Crippen LogP contribution in [-0.4, -0.2) is 17.3 Å². The Morgan fingerprint density at radius 2 is 1.89 bits per heavy atom. The van der Waals surface area contributed by atoms with E-state index in [0.717, 1.165) is 11.1 Å². The molecule has 1 atom stereocenters. The average Bonchev–Trinajstić information content (AvgIpc) is 2.35. The van der Waals surface area contributed by atoms with Crippen molar-refractivity contribution in [3.63, 3.8) is 0 Å². The molecule has 1 N–H and O–H groups in total. The Kier molecular flexibility index (Phi) is 3.56. The van der Waals surface area contributed by atoms with Crippen LogP contribution in [0.25, 0.3) is 0 Å². The van der Waals surface area contributed by atoms with Gasteiger partial charge in [-0.05, 0) is 36.8 Å². The van der Waals surface area contributed by atoms with Gasteiger partial charge in [-0.25, -0.2) is 0 Å². The second-order valence-electron chi connectivity index (χ2n) is 5.15. The highest BCUT2D eigenvalue weighted by molar-refractivity contribution is 5.75. The Balaban J connectivity index is 2.21. The lowest BCUT2D eigenvalue weighted by atomic mass is 9.69. The number of halogens is 3. The maximum absolute atomic E-state index is 12.3. The van der Waals surface area contributed by atoms with Crippen molar-refractivity contribution >= 4 is 5.97 Å². The minimum Gasteiger partial charge on any atom is -0.481 e. The number of rotatable bonds is 3. The van der Waals surface area contributed by atoms with Crippen molar-refractivity contribution in [1.29, 1.82) is 0 Å². The maximum Gasteiger partial charge on any atom is 0.389 e. The zero-order valence-corrected chi connectivity index (χ0v) is 10.3. The second-order valence-corrected chi connectivity index (χ2v) is 5.15. The quantitative estimate of drug-likeness (QED) is 0.913. The van der Waals surface area contributed by atoms with E-state index in [1.807, 2.05) is 12.1 Å². The number of aliphatic carboxylic acids is 1. The zero-order chi connectivity index (χ0) is 14.1. The molecule has 1 aliphatic rings. The molecule has 1 aromatic rings. The van der Waals surface area contributed by atoms with Gasteiger partial charge in [-0.15, -0.1) is 0 Å². The standard InChI is InChI=1S/C14H15F3O2/c15-14(16,17)8-7-13(12(18)19)6-5-10-3-1-2-4-11(10)9-13/h1-4H,5-9H2,(H,18,19). The number of alkyl halides is 3. The molecule has 104 valence electrons. The van der Waals surface area contributed by atoms with Crippen LogP contribution in [0.2, 0.25) is 0 Å². The first kappa shape index (κ1) is 13.9. The molecular weight excluding hydrogens is 257 g/mol. The summed E-state index contributed by atoms with van der Waals surface area (Å²) < 4.78 is 37.0. The summed E-state index contributed by atoms with van der Waals surface area (Å²) in [5.41, 5.74) is 0.633. The molecule has 0 saturated carbocycles. The van der Waals surface area contributed by atoms with Gasteiger partial charge in [0.05, 0.1) is 5.41 Å². The maximum atomic E-state index is 12.3. The summed E-state index contributed by atoms with van der Waals surface area (Å²) in [5.74, 6) is -1.12. The number of carboxylic acids is 1. The Bertz CT molecular complexity index is 482. The zero-order valence-electron chi connectivity index (χ0n) is 10.3. The first-order valence-electron chi connectivity index (χ1n) is 6.19.